The summed E-state index contributed by atoms with van der Waals surface area (Å²) in [5.41, 5.74) is 2.08. The molecule has 2 N–H and O–H groups in total. The second-order valence-corrected chi connectivity index (χ2v) is 3.85. The van der Waals surface area contributed by atoms with Crippen LogP contribution in [0.4, 0.5) is 5.69 Å². The number of hydrogen-bond donors (Lipinski definition) is 2. The van der Waals surface area contributed by atoms with Gasteiger partial charge in [0.15, 0.2) is 0 Å². The van der Waals surface area contributed by atoms with Crippen LogP contribution in [-0.2, 0) is 0 Å². The van der Waals surface area contributed by atoms with Crippen LogP contribution >= 0.6 is 0 Å². The first kappa shape index (κ1) is 12.5. The fourth-order valence-electron chi connectivity index (χ4n) is 1.55. The maximum absolute atomic E-state index is 11.1. The molecule has 0 saturated heterocycles. The summed E-state index contributed by atoms with van der Waals surface area (Å²) in [6, 6.07) is 5.49. The van der Waals surface area contributed by atoms with Crippen molar-refractivity contribution in [3.8, 4) is 0 Å². The molecule has 0 amide bonds. The van der Waals surface area contributed by atoms with Crippen LogP contribution in [0.25, 0.3) is 0 Å². The van der Waals surface area contributed by atoms with Gasteiger partial charge < -0.3 is 15.3 Å². The molecule has 0 spiro atoms. The lowest BCUT2D eigenvalue weighted by Gasteiger charge is -2.21. The fraction of sp³-hybridized carbons (Fsp3) is 0.417. The first-order valence-electron chi connectivity index (χ1n) is 5.26. The van der Waals surface area contributed by atoms with E-state index in [9.17, 15) is 4.79 Å². The third-order valence-corrected chi connectivity index (χ3v) is 2.49. The number of anilines is 1. The number of hydrogen-bond acceptors (Lipinski definition) is 3. The van der Waals surface area contributed by atoms with E-state index in [4.69, 9.17) is 5.11 Å². The number of likely N-dealkylation sites (N-methyl/N-ethyl adjacent to an activating group) is 2. The van der Waals surface area contributed by atoms with Gasteiger partial charge >= 0.3 is 5.97 Å². The number of carbonyl (C=O) groups is 1. The summed E-state index contributed by atoms with van der Waals surface area (Å²) in [6.45, 7) is 3.49. The number of carboxylic acids is 1. The predicted octanol–water partition coefficient (Wildman–Crippen LogP) is 1.35. The molecule has 1 rings (SSSR count). The minimum absolute atomic E-state index is 0.360. The molecule has 1 aromatic rings. The summed E-state index contributed by atoms with van der Waals surface area (Å²) in [5, 5.41) is 12.2. The number of aromatic carboxylic acids is 1. The van der Waals surface area contributed by atoms with Gasteiger partial charge in [-0.2, -0.15) is 0 Å². The molecule has 0 radical (unpaired) electrons. The lowest BCUT2D eigenvalue weighted by Crippen LogP contribution is -2.28. The van der Waals surface area contributed by atoms with Gasteiger partial charge in [-0.05, 0) is 26.1 Å². The Balaban J connectivity index is 2.98. The number of aryl methyl sites for hydroxylation is 1. The highest BCUT2D eigenvalue weighted by Crippen LogP contribution is 2.20. The van der Waals surface area contributed by atoms with E-state index in [0.29, 0.717) is 5.56 Å². The van der Waals surface area contributed by atoms with E-state index in [2.05, 4.69) is 5.32 Å². The molecule has 88 valence electrons. The smallest absolute Gasteiger partial charge is 0.337 e. The summed E-state index contributed by atoms with van der Waals surface area (Å²) in [4.78, 5) is 13.1. The molecule has 0 heterocycles. The van der Waals surface area contributed by atoms with Crippen molar-refractivity contribution in [2.24, 2.45) is 0 Å². The molecule has 0 aliphatic heterocycles. The van der Waals surface area contributed by atoms with E-state index < -0.39 is 5.97 Å². The van der Waals surface area contributed by atoms with Crippen molar-refractivity contribution in [3.63, 3.8) is 0 Å². The van der Waals surface area contributed by atoms with Crippen molar-refractivity contribution in [2.45, 2.75) is 6.92 Å². The minimum atomic E-state index is -0.880. The molecule has 0 aliphatic rings. The minimum Gasteiger partial charge on any atom is -0.478 e. The van der Waals surface area contributed by atoms with E-state index >= 15 is 0 Å². The molecular formula is C12H18N2O2. The molecule has 0 atom stereocenters. The average molecular weight is 222 g/mol. The van der Waals surface area contributed by atoms with Gasteiger partial charge in [0.1, 0.15) is 0 Å². The van der Waals surface area contributed by atoms with E-state index in [0.717, 1.165) is 24.3 Å². The maximum atomic E-state index is 11.1. The van der Waals surface area contributed by atoms with Crippen molar-refractivity contribution in [1.82, 2.24) is 5.32 Å². The van der Waals surface area contributed by atoms with Crippen LogP contribution in [0.5, 0.6) is 0 Å². The second kappa shape index (κ2) is 5.51. The molecule has 1 aromatic carbocycles. The lowest BCUT2D eigenvalue weighted by atomic mass is 10.1. The van der Waals surface area contributed by atoms with E-state index in [1.807, 2.05) is 38.1 Å². The second-order valence-electron chi connectivity index (χ2n) is 3.85. The fourth-order valence-corrected chi connectivity index (χ4v) is 1.55. The van der Waals surface area contributed by atoms with Crippen LogP contribution in [0, 0.1) is 6.92 Å². The normalized spacial score (nSPS) is 10.2. The van der Waals surface area contributed by atoms with Crippen molar-refractivity contribution in [3.05, 3.63) is 29.3 Å². The van der Waals surface area contributed by atoms with Gasteiger partial charge in [0, 0.05) is 20.1 Å². The Hall–Kier alpha value is -1.55. The highest BCUT2D eigenvalue weighted by atomic mass is 16.4. The number of carboxylic acid groups (broad SMARTS) is 1. The van der Waals surface area contributed by atoms with Gasteiger partial charge in [0.05, 0.1) is 11.3 Å². The topological polar surface area (TPSA) is 52.6 Å². The summed E-state index contributed by atoms with van der Waals surface area (Å²) in [5.74, 6) is -0.880. The Labute approximate surface area is 95.9 Å². The van der Waals surface area contributed by atoms with Gasteiger partial charge in [-0.25, -0.2) is 4.79 Å². The van der Waals surface area contributed by atoms with Gasteiger partial charge in [0.2, 0.25) is 0 Å². The van der Waals surface area contributed by atoms with Crippen LogP contribution in [0.15, 0.2) is 18.2 Å². The Kier molecular flexibility index (Phi) is 4.31. The third-order valence-electron chi connectivity index (χ3n) is 2.49. The van der Waals surface area contributed by atoms with Crippen LogP contribution in [0.3, 0.4) is 0 Å². The molecular weight excluding hydrogens is 204 g/mol. The van der Waals surface area contributed by atoms with Crippen LogP contribution in [0.1, 0.15) is 15.9 Å². The van der Waals surface area contributed by atoms with E-state index in [1.165, 1.54) is 0 Å². The Morgan fingerprint density at radius 2 is 2.19 bits per heavy atom. The Bertz CT molecular complexity index is 377. The molecule has 4 heteroatoms. The maximum Gasteiger partial charge on any atom is 0.337 e. The number of nitrogens with one attached hydrogen (secondary N) is 1. The summed E-state index contributed by atoms with van der Waals surface area (Å²) < 4.78 is 0. The van der Waals surface area contributed by atoms with Crippen molar-refractivity contribution >= 4 is 11.7 Å². The summed E-state index contributed by atoms with van der Waals surface area (Å²) in [7, 11) is 3.77. The van der Waals surface area contributed by atoms with Crippen molar-refractivity contribution in [2.75, 3.05) is 32.1 Å². The predicted molar refractivity (Wildman–Crippen MR) is 65.3 cm³/mol. The zero-order valence-electron chi connectivity index (χ0n) is 9.95. The van der Waals surface area contributed by atoms with E-state index in [-0.39, 0.29) is 0 Å². The van der Waals surface area contributed by atoms with E-state index in [1.54, 1.807) is 6.07 Å². The molecule has 0 fully saturated rings. The number of rotatable bonds is 5. The van der Waals surface area contributed by atoms with Gasteiger partial charge in [-0.15, -0.1) is 0 Å². The molecule has 0 unspecified atom stereocenters. The third kappa shape index (κ3) is 2.97. The molecule has 0 saturated carbocycles. The van der Waals surface area contributed by atoms with Crippen LogP contribution < -0.4 is 10.2 Å². The standard InChI is InChI=1S/C12H18N2O2/c1-9-4-5-11(10(8-9)12(15)16)14(3)7-6-13-2/h4-5,8,13H,6-7H2,1-3H3,(H,15,16). The first-order valence-corrected chi connectivity index (χ1v) is 5.26. The zero-order chi connectivity index (χ0) is 12.1. The van der Waals surface area contributed by atoms with Crippen molar-refractivity contribution < 1.29 is 9.90 Å². The van der Waals surface area contributed by atoms with Crippen LogP contribution in [0.2, 0.25) is 0 Å². The molecule has 4 nitrogen and oxygen atoms in total. The number of nitrogens with zero attached hydrogens (tertiary/aromatic N) is 1. The lowest BCUT2D eigenvalue weighted by molar-refractivity contribution is 0.0697. The van der Waals surface area contributed by atoms with Gasteiger partial charge in [-0.3, -0.25) is 0 Å². The molecule has 0 bridgehead atoms. The average Bonchev–Trinajstić information content (AvgIpc) is 2.25. The SMILES string of the molecule is CNCCN(C)c1ccc(C)cc1C(=O)O. The monoisotopic (exact) mass is 222 g/mol. The van der Waals surface area contributed by atoms with Gasteiger partial charge in [0.25, 0.3) is 0 Å². The molecule has 0 aromatic heterocycles. The molecule has 16 heavy (non-hydrogen) atoms. The largest absolute Gasteiger partial charge is 0.478 e. The Morgan fingerprint density at radius 3 is 2.75 bits per heavy atom. The quantitative estimate of drug-likeness (QED) is 0.789. The first-order chi connectivity index (χ1) is 7.56. The zero-order valence-corrected chi connectivity index (χ0v) is 9.95. The summed E-state index contributed by atoms with van der Waals surface area (Å²) in [6.07, 6.45) is 0. The highest BCUT2D eigenvalue weighted by Gasteiger charge is 2.12. The van der Waals surface area contributed by atoms with Crippen LogP contribution in [-0.4, -0.2) is 38.3 Å². The molecule has 0 aliphatic carbocycles. The number of benzene rings is 1. The summed E-state index contributed by atoms with van der Waals surface area (Å²) >= 11 is 0. The Morgan fingerprint density at radius 1 is 1.50 bits per heavy atom. The van der Waals surface area contributed by atoms with Gasteiger partial charge in [-0.1, -0.05) is 11.6 Å². The highest BCUT2D eigenvalue weighted by molar-refractivity contribution is 5.94. The van der Waals surface area contributed by atoms with Crippen molar-refractivity contribution in [1.29, 1.82) is 0 Å².